The average Bonchev–Trinajstić information content (AvgIpc) is 3.25. The highest BCUT2D eigenvalue weighted by Crippen LogP contribution is 2.45. The van der Waals surface area contributed by atoms with Gasteiger partial charge in [0.15, 0.2) is 5.60 Å². The molecule has 1 N–H and O–H groups in total. The maximum Gasteiger partial charge on any atom is 0.340 e. The lowest BCUT2D eigenvalue weighted by molar-refractivity contribution is -0.165. The summed E-state index contributed by atoms with van der Waals surface area (Å²) in [6, 6.07) is 18.3. The normalized spacial score (nSPS) is 15.0. The second-order valence-electron chi connectivity index (χ2n) is 8.03. The molecule has 0 saturated heterocycles. The van der Waals surface area contributed by atoms with Gasteiger partial charge in [-0.15, -0.1) is 11.3 Å². The summed E-state index contributed by atoms with van der Waals surface area (Å²) in [5.41, 5.74) is 2.55. The molecule has 162 valence electrons. The van der Waals surface area contributed by atoms with E-state index in [0.717, 1.165) is 58.9 Å². The molecule has 1 aliphatic rings. The smallest absolute Gasteiger partial charge is 0.340 e. The van der Waals surface area contributed by atoms with E-state index < -0.39 is 11.6 Å². The zero-order chi connectivity index (χ0) is 21.8. The highest BCUT2D eigenvalue weighted by atomic mass is 32.1. The number of aryl methyl sites for hydroxylation is 1. The predicted molar refractivity (Wildman–Crippen MR) is 125 cm³/mol. The fraction of sp³-hybridized carbons (Fsp3) is 0.346. The Morgan fingerprint density at radius 1 is 1.16 bits per heavy atom. The molecule has 1 aliphatic heterocycles. The van der Waals surface area contributed by atoms with Crippen LogP contribution < -0.4 is 4.74 Å². The van der Waals surface area contributed by atoms with Gasteiger partial charge in [0.05, 0.1) is 6.61 Å². The number of fused-ring (bicyclic) bond motifs is 1. The Kier molecular flexibility index (Phi) is 6.44. The molecule has 0 radical (unpaired) electrons. The van der Waals surface area contributed by atoms with E-state index in [1.807, 2.05) is 36.4 Å². The molecule has 31 heavy (non-hydrogen) atoms. The van der Waals surface area contributed by atoms with Crippen LogP contribution in [-0.2, 0) is 21.6 Å². The minimum atomic E-state index is -1.42. The van der Waals surface area contributed by atoms with Crippen LogP contribution in [0.4, 0.5) is 0 Å². The molecule has 4 nitrogen and oxygen atoms in total. The minimum Gasteiger partial charge on any atom is -0.493 e. The van der Waals surface area contributed by atoms with E-state index in [0.29, 0.717) is 12.2 Å². The van der Waals surface area contributed by atoms with E-state index in [1.54, 1.807) is 18.3 Å². The van der Waals surface area contributed by atoms with Crippen molar-refractivity contribution in [2.45, 2.75) is 45.1 Å². The predicted octanol–water partition coefficient (Wildman–Crippen LogP) is 6.52. The standard InChI is InChI=1S/C26H28O4S/c1-3-4-15-30-26(2,25(27)28)21-17-23(18-9-6-5-7-10-18)31-24(21)20-12-13-22-19(16-20)11-8-14-29-22/h5-7,9-10,12-13,16-17H,3-4,8,11,14-15H2,1-2H3,(H,27,28). The van der Waals surface area contributed by atoms with Crippen LogP contribution in [0.5, 0.6) is 5.75 Å². The van der Waals surface area contributed by atoms with E-state index in [1.165, 1.54) is 5.56 Å². The summed E-state index contributed by atoms with van der Waals surface area (Å²) in [7, 11) is 0. The second kappa shape index (κ2) is 9.25. The molecule has 0 fully saturated rings. The third kappa shape index (κ3) is 4.39. The Balaban J connectivity index is 1.85. The quantitative estimate of drug-likeness (QED) is 0.408. The molecule has 0 aliphatic carbocycles. The number of rotatable bonds is 8. The van der Waals surface area contributed by atoms with Crippen LogP contribution in [-0.4, -0.2) is 24.3 Å². The Labute approximate surface area is 187 Å². The molecule has 1 atom stereocenters. The summed E-state index contributed by atoms with van der Waals surface area (Å²) in [6.45, 7) is 4.90. The molecule has 0 saturated carbocycles. The van der Waals surface area contributed by atoms with Gasteiger partial charge in [-0.1, -0.05) is 43.7 Å². The zero-order valence-corrected chi connectivity index (χ0v) is 18.8. The summed E-state index contributed by atoms with van der Waals surface area (Å²) in [5, 5.41) is 10.2. The maximum absolute atomic E-state index is 12.4. The van der Waals surface area contributed by atoms with Gasteiger partial charge < -0.3 is 14.6 Å². The SMILES string of the molecule is CCCCOC(C)(C(=O)O)c1cc(-c2ccccc2)sc1-c1ccc2c(c1)CCCO2. The molecule has 0 amide bonds. The largest absolute Gasteiger partial charge is 0.493 e. The van der Waals surface area contributed by atoms with Crippen molar-refractivity contribution < 1.29 is 19.4 Å². The lowest BCUT2D eigenvalue weighted by Gasteiger charge is -2.26. The number of carboxylic acid groups (broad SMARTS) is 1. The molecule has 3 aromatic rings. The number of hydrogen-bond acceptors (Lipinski definition) is 4. The molecule has 2 heterocycles. The van der Waals surface area contributed by atoms with Gasteiger partial charge in [0.1, 0.15) is 5.75 Å². The van der Waals surface area contributed by atoms with Gasteiger partial charge in [0.2, 0.25) is 0 Å². The van der Waals surface area contributed by atoms with Crippen LogP contribution in [0.2, 0.25) is 0 Å². The summed E-state index contributed by atoms with van der Waals surface area (Å²) < 4.78 is 11.8. The third-order valence-electron chi connectivity index (χ3n) is 5.77. The number of ether oxygens (including phenoxy) is 2. The van der Waals surface area contributed by atoms with Crippen LogP contribution in [0, 0.1) is 0 Å². The monoisotopic (exact) mass is 436 g/mol. The van der Waals surface area contributed by atoms with Gasteiger partial charge in [-0.3, -0.25) is 0 Å². The van der Waals surface area contributed by atoms with E-state index >= 15 is 0 Å². The van der Waals surface area contributed by atoms with Crippen LogP contribution in [0.3, 0.4) is 0 Å². The zero-order valence-electron chi connectivity index (χ0n) is 18.0. The number of thiophene rings is 1. The van der Waals surface area contributed by atoms with Gasteiger partial charge in [0, 0.05) is 21.9 Å². The Hall–Kier alpha value is -2.63. The number of carbonyl (C=O) groups is 1. The molecule has 2 aromatic carbocycles. The second-order valence-corrected chi connectivity index (χ2v) is 9.09. The fourth-order valence-electron chi connectivity index (χ4n) is 3.88. The Morgan fingerprint density at radius 2 is 1.97 bits per heavy atom. The summed E-state index contributed by atoms with van der Waals surface area (Å²) in [6.07, 6.45) is 3.74. The Bertz CT molecular complexity index is 1060. The number of unbranched alkanes of at least 4 members (excludes halogenated alkanes) is 1. The molecular formula is C26H28O4S. The average molecular weight is 437 g/mol. The third-order valence-corrected chi connectivity index (χ3v) is 7.00. The van der Waals surface area contributed by atoms with Gasteiger partial charge in [-0.05, 0) is 67.1 Å². The first-order chi connectivity index (χ1) is 15.0. The van der Waals surface area contributed by atoms with Crippen molar-refractivity contribution in [1.29, 1.82) is 0 Å². The van der Waals surface area contributed by atoms with Crippen molar-refractivity contribution in [2.24, 2.45) is 0 Å². The van der Waals surface area contributed by atoms with Crippen molar-refractivity contribution in [2.75, 3.05) is 13.2 Å². The number of hydrogen-bond donors (Lipinski definition) is 1. The van der Waals surface area contributed by atoms with Crippen LogP contribution in [0.15, 0.2) is 54.6 Å². The summed E-state index contributed by atoms with van der Waals surface area (Å²) >= 11 is 1.62. The molecule has 1 unspecified atom stereocenters. The van der Waals surface area contributed by atoms with Crippen molar-refractivity contribution in [3.05, 3.63) is 65.7 Å². The first-order valence-electron chi connectivity index (χ1n) is 10.9. The van der Waals surface area contributed by atoms with E-state index in [2.05, 4.69) is 25.1 Å². The molecule has 5 heteroatoms. The molecule has 0 bridgehead atoms. The first-order valence-corrected chi connectivity index (χ1v) is 11.7. The van der Waals surface area contributed by atoms with E-state index in [4.69, 9.17) is 9.47 Å². The number of aliphatic carboxylic acids is 1. The maximum atomic E-state index is 12.4. The first kappa shape index (κ1) is 21.6. The van der Waals surface area contributed by atoms with E-state index in [9.17, 15) is 9.90 Å². The fourth-order valence-corrected chi connectivity index (χ4v) is 5.14. The highest BCUT2D eigenvalue weighted by molar-refractivity contribution is 7.19. The summed E-state index contributed by atoms with van der Waals surface area (Å²) in [5.74, 6) is -0.0415. The lowest BCUT2D eigenvalue weighted by Crippen LogP contribution is -2.36. The lowest BCUT2D eigenvalue weighted by atomic mass is 9.92. The topological polar surface area (TPSA) is 55.8 Å². The van der Waals surface area contributed by atoms with Crippen molar-refractivity contribution in [3.8, 4) is 26.6 Å². The van der Waals surface area contributed by atoms with Crippen molar-refractivity contribution >= 4 is 17.3 Å². The molecular weight excluding hydrogens is 408 g/mol. The Morgan fingerprint density at radius 3 is 2.71 bits per heavy atom. The summed E-state index contributed by atoms with van der Waals surface area (Å²) in [4.78, 5) is 14.4. The van der Waals surface area contributed by atoms with Gasteiger partial charge in [0.25, 0.3) is 0 Å². The van der Waals surface area contributed by atoms with Gasteiger partial charge >= 0.3 is 5.97 Å². The number of carboxylic acids is 1. The molecule has 4 rings (SSSR count). The highest BCUT2D eigenvalue weighted by Gasteiger charge is 2.40. The number of benzene rings is 2. The van der Waals surface area contributed by atoms with Crippen molar-refractivity contribution in [1.82, 2.24) is 0 Å². The molecule has 0 spiro atoms. The minimum absolute atomic E-state index is 0.410. The van der Waals surface area contributed by atoms with Crippen LogP contribution in [0.25, 0.3) is 20.9 Å². The van der Waals surface area contributed by atoms with Crippen molar-refractivity contribution in [3.63, 3.8) is 0 Å². The van der Waals surface area contributed by atoms with Gasteiger partial charge in [-0.2, -0.15) is 0 Å². The van der Waals surface area contributed by atoms with Crippen LogP contribution >= 0.6 is 11.3 Å². The van der Waals surface area contributed by atoms with Gasteiger partial charge in [-0.25, -0.2) is 4.79 Å². The molecule has 1 aromatic heterocycles. The van der Waals surface area contributed by atoms with Crippen LogP contribution in [0.1, 0.15) is 44.2 Å². The van der Waals surface area contributed by atoms with E-state index in [-0.39, 0.29) is 0 Å².